The SMILES string of the molecule is CC(C)CNC(=O)C(C)OC(=O)c1cc(-c2ccccc2)nc2c1cnn2C(C)C. The van der Waals surface area contributed by atoms with Crippen LogP contribution in [0.5, 0.6) is 0 Å². The lowest BCUT2D eigenvalue weighted by Crippen LogP contribution is -2.37. The molecule has 1 unspecified atom stereocenters. The Bertz CT molecular complexity index is 1040. The van der Waals surface area contributed by atoms with Gasteiger partial charge in [-0.3, -0.25) is 4.79 Å². The van der Waals surface area contributed by atoms with Crippen molar-refractivity contribution in [2.45, 2.75) is 46.8 Å². The summed E-state index contributed by atoms with van der Waals surface area (Å²) in [6.07, 6.45) is 0.719. The van der Waals surface area contributed by atoms with Crippen molar-refractivity contribution in [3.63, 3.8) is 0 Å². The first-order chi connectivity index (χ1) is 14.3. The second kappa shape index (κ2) is 9.07. The van der Waals surface area contributed by atoms with Crippen LogP contribution in [0.1, 0.15) is 51.0 Å². The van der Waals surface area contributed by atoms with Crippen molar-refractivity contribution in [2.75, 3.05) is 6.54 Å². The molecule has 3 rings (SSSR count). The average Bonchev–Trinajstić information content (AvgIpc) is 3.16. The molecule has 0 bridgehead atoms. The van der Waals surface area contributed by atoms with E-state index < -0.39 is 12.1 Å². The molecule has 3 aromatic rings. The molecule has 158 valence electrons. The van der Waals surface area contributed by atoms with Crippen molar-refractivity contribution in [3.8, 4) is 11.3 Å². The van der Waals surface area contributed by atoms with E-state index in [0.717, 1.165) is 5.56 Å². The Labute approximate surface area is 176 Å². The van der Waals surface area contributed by atoms with Crippen molar-refractivity contribution >= 4 is 22.9 Å². The van der Waals surface area contributed by atoms with Crippen LogP contribution in [-0.2, 0) is 9.53 Å². The van der Waals surface area contributed by atoms with Gasteiger partial charge in [-0.2, -0.15) is 5.10 Å². The third-order valence-electron chi connectivity index (χ3n) is 4.68. The molecule has 0 aliphatic rings. The number of nitrogens with zero attached hydrogens (tertiary/aromatic N) is 3. The highest BCUT2D eigenvalue weighted by Crippen LogP contribution is 2.27. The Morgan fingerprint density at radius 1 is 1.10 bits per heavy atom. The maximum absolute atomic E-state index is 13.0. The number of rotatable bonds is 7. The summed E-state index contributed by atoms with van der Waals surface area (Å²) in [5.74, 6) is -0.578. The van der Waals surface area contributed by atoms with Crippen molar-refractivity contribution in [2.24, 2.45) is 5.92 Å². The van der Waals surface area contributed by atoms with Crippen LogP contribution in [0.3, 0.4) is 0 Å². The van der Waals surface area contributed by atoms with Gasteiger partial charge in [-0.25, -0.2) is 14.5 Å². The molecule has 7 heteroatoms. The van der Waals surface area contributed by atoms with E-state index in [2.05, 4.69) is 10.4 Å². The van der Waals surface area contributed by atoms with E-state index in [0.29, 0.717) is 34.8 Å². The minimum atomic E-state index is -0.903. The van der Waals surface area contributed by atoms with Gasteiger partial charge in [0, 0.05) is 18.2 Å². The van der Waals surface area contributed by atoms with Crippen LogP contribution in [0, 0.1) is 5.92 Å². The molecule has 1 aromatic carbocycles. The van der Waals surface area contributed by atoms with Gasteiger partial charge in [0.25, 0.3) is 5.91 Å². The zero-order valence-corrected chi connectivity index (χ0v) is 18.0. The van der Waals surface area contributed by atoms with E-state index >= 15 is 0 Å². The number of esters is 1. The zero-order chi connectivity index (χ0) is 21.8. The minimum Gasteiger partial charge on any atom is -0.449 e. The highest BCUT2D eigenvalue weighted by atomic mass is 16.5. The quantitative estimate of drug-likeness (QED) is 0.597. The molecular weight excluding hydrogens is 380 g/mol. The number of pyridine rings is 1. The first kappa shape index (κ1) is 21.5. The Morgan fingerprint density at radius 2 is 1.80 bits per heavy atom. The van der Waals surface area contributed by atoms with Gasteiger partial charge in [0.1, 0.15) is 0 Å². The number of amides is 1. The van der Waals surface area contributed by atoms with E-state index in [9.17, 15) is 9.59 Å². The second-order valence-electron chi connectivity index (χ2n) is 8.03. The fourth-order valence-corrected chi connectivity index (χ4v) is 3.05. The van der Waals surface area contributed by atoms with Crippen LogP contribution < -0.4 is 5.32 Å². The van der Waals surface area contributed by atoms with E-state index in [1.807, 2.05) is 58.0 Å². The predicted molar refractivity (Wildman–Crippen MR) is 116 cm³/mol. The van der Waals surface area contributed by atoms with E-state index in [4.69, 9.17) is 9.72 Å². The second-order valence-corrected chi connectivity index (χ2v) is 8.03. The zero-order valence-electron chi connectivity index (χ0n) is 18.0. The maximum atomic E-state index is 13.0. The summed E-state index contributed by atoms with van der Waals surface area (Å²) >= 11 is 0. The van der Waals surface area contributed by atoms with Crippen molar-refractivity contribution in [1.82, 2.24) is 20.1 Å². The lowest BCUT2D eigenvalue weighted by Gasteiger charge is -2.15. The molecule has 0 saturated carbocycles. The number of carbonyl (C=O) groups is 2. The summed E-state index contributed by atoms with van der Waals surface area (Å²) in [5, 5.41) is 7.79. The molecule has 1 N–H and O–H groups in total. The Hall–Kier alpha value is -3.22. The fourth-order valence-electron chi connectivity index (χ4n) is 3.05. The number of fused-ring (bicyclic) bond motifs is 1. The molecule has 0 saturated heterocycles. The number of ether oxygens (including phenoxy) is 1. The minimum absolute atomic E-state index is 0.0747. The summed E-state index contributed by atoms with van der Waals surface area (Å²) in [6, 6.07) is 11.4. The predicted octanol–water partition coefficient (Wildman–Crippen LogP) is 4.00. The highest BCUT2D eigenvalue weighted by Gasteiger charge is 2.23. The monoisotopic (exact) mass is 408 g/mol. The highest BCUT2D eigenvalue weighted by molar-refractivity contribution is 6.04. The number of aromatic nitrogens is 3. The largest absolute Gasteiger partial charge is 0.449 e. The molecule has 30 heavy (non-hydrogen) atoms. The van der Waals surface area contributed by atoms with Crippen LogP contribution >= 0.6 is 0 Å². The van der Waals surface area contributed by atoms with E-state index in [1.165, 1.54) is 0 Å². The Balaban J connectivity index is 1.97. The molecule has 7 nitrogen and oxygen atoms in total. The molecule has 0 spiro atoms. The molecule has 1 amide bonds. The standard InChI is InChI=1S/C23H28N4O3/c1-14(2)12-24-22(28)16(5)30-23(29)18-11-20(17-9-7-6-8-10-17)26-21-19(18)13-25-27(21)15(3)4/h6-11,13-16H,12H2,1-5H3,(H,24,28). The third kappa shape index (κ3) is 4.67. The van der Waals surface area contributed by atoms with Gasteiger partial charge in [-0.15, -0.1) is 0 Å². The van der Waals surface area contributed by atoms with E-state index in [1.54, 1.807) is 23.9 Å². The smallest absolute Gasteiger partial charge is 0.339 e. The lowest BCUT2D eigenvalue weighted by atomic mass is 10.1. The summed E-state index contributed by atoms with van der Waals surface area (Å²) in [5.41, 5.74) is 2.48. The number of nitrogens with one attached hydrogen (secondary N) is 1. The van der Waals surface area contributed by atoms with Gasteiger partial charge >= 0.3 is 5.97 Å². The molecule has 0 radical (unpaired) electrons. The summed E-state index contributed by atoms with van der Waals surface area (Å²) in [4.78, 5) is 30.0. The van der Waals surface area contributed by atoms with E-state index in [-0.39, 0.29) is 11.9 Å². The molecular formula is C23H28N4O3. The van der Waals surface area contributed by atoms with Gasteiger partial charge < -0.3 is 10.1 Å². The number of hydrogen-bond acceptors (Lipinski definition) is 5. The van der Waals surface area contributed by atoms with Crippen molar-refractivity contribution in [3.05, 3.63) is 48.2 Å². The number of hydrogen-bond donors (Lipinski definition) is 1. The molecule has 2 aromatic heterocycles. The first-order valence-electron chi connectivity index (χ1n) is 10.2. The van der Waals surface area contributed by atoms with Gasteiger partial charge in [-0.05, 0) is 32.8 Å². The van der Waals surface area contributed by atoms with Crippen LogP contribution in [0.4, 0.5) is 0 Å². The molecule has 1 atom stereocenters. The topological polar surface area (TPSA) is 86.1 Å². The van der Waals surface area contributed by atoms with Crippen LogP contribution in [0.15, 0.2) is 42.6 Å². The Kier molecular flexibility index (Phi) is 6.50. The van der Waals surface area contributed by atoms with Gasteiger partial charge in [0.05, 0.1) is 22.8 Å². The van der Waals surface area contributed by atoms with Crippen molar-refractivity contribution < 1.29 is 14.3 Å². The summed E-state index contributed by atoms with van der Waals surface area (Å²) in [7, 11) is 0. The van der Waals surface area contributed by atoms with Crippen LogP contribution in [0.25, 0.3) is 22.3 Å². The molecule has 0 aliphatic carbocycles. The molecule has 0 fully saturated rings. The van der Waals surface area contributed by atoms with Gasteiger partial charge in [0.2, 0.25) is 0 Å². The Morgan fingerprint density at radius 3 is 2.43 bits per heavy atom. The maximum Gasteiger partial charge on any atom is 0.339 e. The normalized spacial score (nSPS) is 12.4. The summed E-state index contributed by atoms with van der Waals surface area (Å²) in [6.45, 7) is 10.1. The number of benzene rings is 1. The molecule has 2 heterocycles. The number of carbonyl (C=O) groups excluding carboxylic acids is 2. The molecule has 0 aliphatic heterocycles. The van der Waals surface area contributed by atoms with Crippen molar-refractivity contribution in [1.29, 1.82) is 0 Å². The van der Waals surface area contributed by atoms with Gasteiger partial charge in [-0.1, -0.05) is 44.2 Å². The average molecular weight is 409 g/mol. The first-order valence-corrected chi connectivity index (χ1v) is 10.2. The van der Waals surface area contributed by atoms with Gasteiger partial charge in [0.15, 0.2) is 11.8 Å². The fraction of sp³-hybridized carbons (Fsp3) is 0.391. The lowest BCUT2D eigenvalue weighted by molar-refractivity contribution is -0.129. The van der Waals surface area contributed by atoms with Crippen LogP contribution in [-0.4, -0.2) is 39.3 Å². The van der Waals surface area contributed by atoms with Crippen LogP contribution in [0.2, 0.25) is 0 Å². The summed E-state index contributed by atoms with van der Waals surface area (Å²) < 4.78 is 7.26. The third-order valence-corrected chi connectivity index (χ3v) is 4.68.